The minimum absolute atomic E-state index is 0.227. The van der Waals surface area contributed by atoms with Crippen LogP contribution in [0.1, 0.15) is 19.3 Å². The lowest BCUT2D eigenvalue weighted by Crippen LogP contribution is -1.88. The van der Waals surface area contributed by atoms with Crippen LogP contribution in [0.25, 0.3) is 0 Å². The van der Waals surface area contributed by atoms with Crippen LogP contribution >= 0.6 is 11.8 Å². The van der Waals surface area contributed by atoms with E-state index in [-0.39, 0.29) is 5.12 Å². The molecule has 0 amide bonds. The normalized spacial score (nSPS) is 8.44. The number of carbonyl (C=O) groups excluding carboxylic acids is 1. The van der Waals surface area contributed by atoms with E-state index in [1.165, 1.54) is 11.8 Å². The van der Waals surface area contributed by atoms with Crippen molar-refractivity contribution in [2.24, 2.45) is 0 Å². The fourth-order valence-electron chi connectivity index (χ4n) is 0.437. The molecule has 0 aromatic rings. The van der Waals surface area contributed by atoms with Crippen LogP contribution in [0.2, 0.25) is 0 Å². The first-order valence-electron chi connectivity index (χ1n) is 2.81. The van der Waals surface area contributed by atoms with Gasteiger partial charge in [-0.25, -0.2) is 0 Å². The molecule has 0 atom stereocenters. The molecule has 50 valence electrons. The summed E-state index contributed by atoms with van der Waals surface area (Å²) in [5.74, 6) is 2.49. The zero-order valence-corrected chi connectivity index (χ0v) is 6.33. The summed E-state index contributed by atoms with van der Waals surface area (Å²) in [6, 6.07) is 0. The van der Waals surface area contributed by atoms with Gasteiger partial charge in [-0.15, -0.1) is 12.3 Å². The Labute approximate surface area is 60.2 Å². The molecule has 0 bridgehead atoms. The van der Waals surface area contributed by atoms with Crippen molar-refractivity contribution in [3.8, 4) is 12.3 Å². The van der Waals surface area contributed by atoms with E-state index >= 15 is 0 Å². The van der Waals surface area contributed by atoms with Crippen molar-refractivity contribution in [2.45, 2.75) is 19.3 Å². The summed E-state index contributed by atoms with van der Waals surface area (Å²) >= 11 is 1.27. The molecular weight excluding hydrogens is 132 g/mol. The molecule has 0 radical (unpaired) electrons. The van der Waals surface area contributed by atoms with Gasteiger partial charge in [0.2, 0.25) is 0 Å². The summed E-state index contributed by atoms with van der Waals surface area (Å²) in [5, 5.41) is 0.227. The first kappa shape index (κ1) is 8.58. The van der Waals surface area contributed by atoms with Crippen molar-refractivity contribution in [1.29, 1.82) is 0 Å². The Kier molecular flexibility index (Phi) is 5.45. The second-order valence-corrected chi connectivity index (χ2v) is 2.50. The number of thioether (sulfide) groups is 1. The first-order valence-corrected chi connectivity index (χ1v) is 4.04. The van der Waals surface area contributed by atoms with E-state index in [9.17, 15) is 4.79 Å². The van der Waals surface area contributed by atoms with Crippen LogP contribution in [0.15, 0.2) is 0 Å². The monoisotopic (exact) mass is 142 g/mol. The maximum atomic E-state index is 10.6. The maximum absolute atomic E-state index is 10.6. The zero-order valence-electron chi connectivity index (χ0n) is 5.52. The number of hydrogen-bond donors (Lipinski definition) is 0. The van der Waals surface area contributed by atoms with Crippen LogP contribution in [-0.2, 0) is 4.79 Å². The summed E-state index contributed by atoms with van der Waals surface area (Å²) < 4.78 is 0. The summed E-state index contributed by atoms with van der Waals surface area (Å²) in [4.78, 5) is 10.6. The molecule has 0 unspecified atom stereocenters. The van der Waals surface area contributed by atoms with Crippen molar-refractivity contribution in [2.75, 3.05) is 6.26 Å². The van der Waals surface area contributed by atoms with Crippen molar-refractivity contribution >= 4 is 16.9 Å². The molecule has 0 fully saturated rings. The van der Waals surface area contributed by atoms with Crippen molar-refractivity contribution in [3.05, 3.63) is 0 Å². The predicted octanol–water partition coefficient (Wildman–Crippen LogP) is 1.68. The number of rotatable bonds is 3. The first-order chi connectivity index (χ1) is 4.31. The molecule has 0 spiro atoms. The average molecular weight is 142 g/mol. The standard InChI is InChI=1S/C7H10OS/c1-3-4-5-6-7(8)9-2/h1H,4-6H2,2H3. The van der Waals surface area contributed by atoms with Gasteiger partial charge in [0.05, 0.1) is 0 Å². The highest BCUT2D eigenvalue weighted by molar-refractivity contribution is 8.13. The lowest BCUT2D eigenvalue weighted by atomic mass is 10.3. The second-order valence-electron chi connectivity index (χ2n) is 1.63. The van der Waals surface area contributed by atoms with Crippen LogP contribution in [0.3, 0.4) is 0 Å². The zero-order chi connectivity index (χ0) is 7.11. The number of hydrogen-bond acceptors (Lipinski definition) is 2. The number of carbonyl (C=O) groups is 1. The Morgan fingerprint density at radius 1 is 1.78 bits per heavy atom. The Hall–Kier alpha value is -0.420. The summed E-state index contributed by atoms with van der Waals surface area (Å²) in [6.45, 7) is 0. The molecule has 9 heavy (non-hydrogen) atoms. The van der Waals surface area contributed by atoms with Crippen molar-refractivity contribution in [3.63, 3.8) is 0 Å². The third kappa shape index (κ3) is 5.45. The average Bonchev–Trinajstić information content (AvgIpc) is 1.89. The minimum Gasteiger partial charge on any atom is -0.287 e. The summed E-state index contributed by atoms with van der Waals surface area (Å²) in [5.41, 5.74) is 0. The fraction of sp³-hybridized carbons (Fsp3) is 0.571. The Morgan fingerprint density at radius 3 is 2.89 bits per heavy atom. The molecule has 1 nitrogen and oxygen atoms in total. The van der Waals surface area contributed by atoms with Crippen LogP contribution < -0.4 is 0 Å². The maximum Gasteiger partial charge on any atom is 0.188 e. The van der Waals surface area contributed by atoms with E-state index in [1.54, 1.807) is 6.26 Å². The van der Waals surface area contributed by atoms with E-state index in [0.29, 0.717) is 12.8 Å². The molecule has 0 aromatic carbocycles. The van der Waals surface area contributed by atoms with Gasteiger partial charge >= 0.3 is 0 Å². The van der Waals surface area contributed by atoms with Gasteiger partial charge in [-0.2, -0.15) is 0 Å². The lowest BCUT2D eigenvalue weighted by molar-refractivity contribution is -0.111. The smallest absolute Gasteiger partial charge is 0.188 e. The Bertz CT molecular complexity index is 123. The molecule has 0 aliphatic carbocycles. The van der Waals surface area contributed by atoms with E-state index < -0.39 is 0 Å². The van der Waals surface area contributed by atoms with E-state index in [4.69, 9.17) is 6.42 Å². The highest BCUT2D eigenvalue weighted by Crippen LogP contribution is 2.03. The largest absolute Gasteiger partial charge is 0.287 e. The molecular formula is C7H10OS. The van der Waals surface area contributed by atoms with Gasteiger partial charge in [-0.1, -0.05) is 11.8 Å². The number of terminal acetylenes is 1. The SMILES string of the molecule is C#CCCCC(=O)SC. The van der Waals surface area contributed by atoms with Crippen LogP contribution in [0.5, 0.6) is 0 Å². The molecule has 0 heterocycles. The quantitative estimate of drug-likeness (QED) is 0.440. The van der Waals surface area contributed by atoms with Crippen LogP contribution in [0, 0.1) is 12.3 Å². The molecule has 0 aliphatic heterocycles. The molecule has 2 heteroatoms. The molecule has 0 N–H and O–H groups in total. The van der Waals surface area contributed by atoms with E-state index in [1.807, 2.05) is 0 Å². The van der Waals surface area contributed by atoms with Gasteiger partial charge in [-0.05, 0) is 12.7 Å². The van der Waals surface area contributed by atoms with Gasteiger partial charge in [0.1, 0.15) is 0 Å². The van der Waals surface area contributed by atoms with Gasteiger partial charge < -0.3 is 0 Å². The Morgan fingerprint density at radius 2 is 2.44 bits per heavy atom. The van der Waals surface area contributed by atoms with E-state index in [2.05, 4.69) is 5.92 Å². The Balaban J connectivity index is 3.09. The van der Waals surface area contributed by atoms with Gasteiger partial charge in [0, 0.05) is 12.8 Å². The minimum atomic E-state index is 0.227. The molecule has 0 aliphatic rings. The number of unbranched alkanes of at least 4 members (excludes halogenated alkanes) is 1. The lowest BCUT2D eigenvalue weighted by Gasteiger charge is -1.90. The summed E-state index contributed by atoms with van der Waals surface area (Å²) in [7, 11) is 0. The summed E-state index contributed by atoms with van der Waals surface area (Å²) in [6.07, 6.45) is 8.94. The fourth-order valence-corrected chi connectivity index (χ4v) is 0.785. The van der Waals surface area contributed by atoms with Gasteiger partial charge in [0.15, 0.2) is 5.12 Å². The van der Waals surface area contributed by atoms with Crippen LogP contribution in [-0.4, -0.2) is 11.4 Å². The van der Waals surface area contributed by atoms with Crippen LogP contribution in [0.4, 0.5) is 0 Å². The molecule has 0 saturated heterocycles. The van der Waals surface area contributed by atoms with Gasteiger partial charge in [-0.3, -0.25) is 4.79 Å². The third-order valence-electron chi connectivity index (χ3n) is 0.930. The van der Waals surface area contributed by atoms with Gasteiger partial charge in [0.25, 0.3) is 0 Å². The molecule has 0 saturated carbocycles. The highest BCUT2D eigenvalue weighted by Gasteiger charge is 1.95. The third-order valence-corrected chi connectivity index (χ3v) is 1.59. The van der Waals surface area contributed by atoms with Crippen molar-refractivity contribution < 1.29 is 4.79 Å². The molecule has 0 rings (SSSR count). The van der Waals surface area contributed by atoms with Crippen molar-refractivity contribution in [1.82, 2.24) is 0 Å². The highest BCUT2D eigenvalue weighted by atomic mass is 32.2. The van der Waals surface area contributed by atoms with E-state index in [0.717, 1.165) is 6.42 Å². The topological polar surface area (TPSA) is 17.1 Å². The second kappa shape index (κ2) is 5.71. The predicted molar refractivity (Wildman–Crippen MR) is 41.2 cm³/mol. The molecule has 0 aromatic heterocycles.